The van der Waals surface area contributed by atoms with Crippen LogP contribution in [0.25, 0.3) is 0 Å². The fraction of sp³-hybridized carbons (Fsp3) is 0.533. The predicted molar refractivity (Wildman–Crippen MR) is 147 cm³/mol. The lowest BCUT2D eigenvalue weighted by molar-refractivity contribution is -0.136. The third-order valence-electron chi connectivity index (χ3n) is 9.03. The highest BCUT2D eigenvalue weighted by atomic mass is 16.2. The Morgan fingerprint density at radius 3 is 2.16 bits per heavy atom. The minimum absolute atomic E-state index is 0.0360. The number of likely N-dealkylation sites (tertiary alicyclic amines) is 1. The van der Waals surface area contributed by atoms with Crippen LogP contribution in [0.1, 0.15) is 44.6 Å². The zero-order chi connectivity index (χ0) is 25.4. The van der Waals surface area contributed by atoms with E-state index >= 15 is 0 Å². The average molecular weight is 502 g/mol. The number of piperidine rings is 1. The Labute approximate surface area is 220 Å². The van der Waals surface area contributed by atoms with Crippen molar-refractivity contribution in [1.82, 2.24) is 14.7 Å². The molecule has 37 heavy (non-hydrogen) atoms. The SMILES string of the molecule is CCN1C(=O)N(C2CCN(c3ccccc3)C2)C(=O)C12CCN(Cc1ccc(N3CCCC3)cc1)CC2. The number of hydrogen-bond donors (Lipinski definition) is 0. The van der Waals surface area contributed by atoms with E-state index in [4.69, 9.17) is 0 Å². The Kier molecular flexibility index (Phi) is 6.57. The smallest absolute Gasteiger partial charge is 0.327 e. The minimum atomic E-state index is -0.678. The van der Waals surface area contributed by atoms with Crippen LogP contribution < -0.4 is 9.80 Å². The first kappa shape index (κ1) is 24.3. The molecule has 0 radical (unpaired) electrons. The van der Waals surface area contributed by atoms with Crippen molar-refractivity contribution in [1.29, 1.82) is 0 Å². The van der Waals surface area contributed by atoms with Gasteiger partial charge in [-0.2, -0.15) is 0 Å². The monoisotopic (exact) mass is 501 g/mol. The molecule has 0 aliphatic carbocycles. The highest BCUT2D eigenvalue weighted by Crippen LogP contribution is 2.40. The van der Waals surface area contributed by atoms with Crippen LogP contribution in [-0.2, 0) is 11.3 Å². The lowest BCUT2D eigenvalue weighted by Gasteiger charge is -2.42. The summed E-state index contributed by atoms with van der Waals surface area (Å²) in [6, 6.07) is 19.2. The normalized spacial score (nSPS) is 24.2. The van der Waals surface area contributed by atoms with Gasteiger partial charge in [-0.3, -0.25) is 14.6 Å². The second kappa shape index (κ2) is 10.0. The van der Waals surface area contributed by atoms with Crippen molar-refractivity contribution in [2.75, 3.05) is 55.6 Å². The number of para-hydroxylation sites is 1. The average Bonchev–Trinajstić information content (AvgIpc) is 3.67. The number of imide groups is 1. The molecule has 1 atom stereocenters. The maximum atomic E-state index is 13.9. The summed E-state index contributed by atoms with van der Waals surface area (Å²) >= 11 is 0. The van der Waals surface area contributed by atoms with Gasteiger partial charge in [0.1, 0.15) is 5.54 Å². The van der Waals surface area contributed by atoms with Crippen LogP contribution in [-0.4, -0.2) is 84.0 Å². The van der Waals surface area contributed by atoms with Crippen molar-refractivity contribution in [3.63, 3.8) is 0 Å². The number of urea groups is 1. The highest BCUT2D eigenvalue weighted by molar-refractivity contribution is 6.07. The summed E-state index contributed by atoms with van der Waals surface area (Å²) in [5.41, 5.74) is 3.12. The summed E-state index contributed by atoms with van der Waals surface area (Å²) in [4.78, 5) is 38.2. The van der Waals surface area contributed by atoms with E-state index < -0.39 is 5.54 Å². The molecule has 0 N–H and O–H groups in total. The van der Waals surface area contributed by atoms with Gasteiger partial charge in [0.25, 0.3) is 5.91 Å². The number of amides is 3. The first-order valence-electron chi connectivity index (χ1n) is 14.1. The van der Waals surface area contributed by atoms with Crippen LogP contribution in [0.2, 0.25) is 0 Å². The molecule has 196 valence electrons. The number of likely N-dealkylation sites (N-methyl/N-ethyl adjacent to an activating group) is 1. The lowest BCUT2D eigenvalue weighted by Crippen LogP contribution is -2.56. The topological polar surface area (TPSA) is 50.3 Å². The van der Waals surface area contributed by atoms with E-state index in [9.17, 15) is 9.59 Å². The molecule has 4 saturated heterocycles. The molecule has 0 saturated carbocycles. The van der Waals surface area contributed by atoms with E-state index in [1.807, 2.05) is 30.0 Å². The molecule has 4 fully saturated rings. The van der Waals surface area contributed by atoms with Crippen molar-refractivity contribution in [2.24, 2.45) is 0 Å². The van der Waals surface area contributed by atoms with Gasteiger partial charge in [0.2, 0.25) is 0 Å². The van der Waals surface area contributed by atoms with Crippen LogP contribution in [0.15, 0.2) is 54.6 Å². The van der Waals surface area contributed by atoms with Crippen LogP contribution >= 0.6 is 0 Å². The zero-order valence-electron chi connectivity index (χ0n) is 22.0. The third-order valence-corrected chi connectivity index (χ3v) is 9.03. The number of benzene rings is 2. The molecular formula is C30H39N5O2. The van der Waals surface area contributed by atoms with E-state index in [0.29, 0.717) is 25.9 Å². The van der Waals surface area contributed by atoms with E-state index in [-0.39, 0.29) is 18.0 Å². The van der Waals surface area contributed by atoms with Crippen LogP contribution in [0.3, 0.4) is 0 Å². The fourth-order valence-corrected chi connectivity index (χ4v) is 6.94. The molecule has 0 aromatic heterocycles. The van der Waals surface area contributed by atoms with Gasteiger partial charge in [0.15, 0.2) is 0 Å². The summed E-state index contributed by atoms with van der Waals surface area (Å²) in [6.07, 6.45) is 4.83. The number of hydrogen-bond acceptors (Lipinski definition) is 5. The summed E-state index contributed by atoms with van der Waals surface area (Å²) in [7, 11) is 0. The number of anilines is 2. The molecule has 7 nitrogen and oxygen atoms in total. The lowest BCUT2D eigenvalue weighted by atomic mass is 9.85. The van der Waals surface area contributed by atoms with Gasteiger partial charge in [-0.05, 0) is 68.9 Å². The Hall–Kier alpha value is -3.06. The van der Waals surface area contributed by atoms with Gasteiger partial charge in [-0.15, -0.1) is 0 Å². The Balaban J connectivity index is 1.10. The summed E-state index contributed by atoms with van der Waals surface area (Å²) in [6.45, 7) is 9.06. The van der Waals surface area contributed by atoms with Crippen molar-refractivity contribution >= 4 is 23.3 Å². The van der Waals surface area contributed by atoms with Gasteiger partial charge in [-0.1, -0.05) is 30.3 Å². The van der Waals surface area contributed by atoms with Crippen LogP contribution in [0.4, 0.5) is 16.2 Å². The quantitative estimate of drug-likeness (QED) is 0.556. The van der Waals surface area contributed by atoms with E-state index in [2.05, 4.69) is 51.1 Å². The van der Waals surface area contributed by atoms with Gasteiger partial charge >= 0.3 is 6.03 Å². The summed E-state index contributed by atoms with van der Waals surface area (Å²) < 4.78 is 0. The molecular weight excluding hydrogens is 462 g/mol. The van der Waals surface area contributed by atoms with Crippen molar-refractivity contribution in [3.05, 3.63) is 60.2 Å². The number of nitrogens with zero attached hydrogens (tertiary/aromatic N) is 5. The van der Waals surface area contributed by atoms with Crippen LogP contribution in [0, 0.1) is 0 Å². The number of rotatable bonds is 6. The molecule has 4 aliphatic heterocycles. The Bertz CT molecular complexity index is 1110. The Morgan fingerprint density at radius 1 is 0.811 bits per heavy atom. The molecule has 1 unspecified atom stereocenters. The molecule has 3 amide bonds. The number of carbonyl (C=O) groups is 2. The largest absolute Gasteiger partial charge is 0.372 e. The Morgan fingerprint density at radius 2 is 1.49 bits per heavy atom. The molecule has 6 rings (SSSR count). The predicted octanol–water partition coefficient (Wildman–Crippen LogP) is 4.18. The van der Waals surface area contributed by atoms with Gasteiger partial charge in [-0.25, -0.2) is 4.79 Å². The molecule has 7 heteroatoms. The minimum Gasteiger partial charge on any atom is -0.372 e. The molecule has 1 spiro atoms. The van der Waals surface area contributed by atoms with Gasteiger partial charge in [0, 0.05) is 63.7 Å². The zero-order valence-corrected chi connectivity index (χ0v) is 22.0. The highest BCUT2D eigenvalue weighted by Gasteiger charge is 2.59. The third kappa shape index (κ3) is 4.37. The maximum Gasteiger partial charge on any atom is 0.327 e. The van der Waals surface area contributed by atoms with E-state index in [1.165, 1.54) is 24.1 Å². The molecule has 2 aromatic rings. The summed E-state index contributed by atoms with van der Waals surface area (Å²) in [5.74, 6) is 0.0360. The van der Waals surface area contributed by atoms with Crippen molar-refractivity contribution in [2.45, 2.75) is 57.2 Å². The van der Waals surface area contributed by atoms with Gasteiger partial charge in [0.05, 0.1) is 6.04 Å². The molecule has 0 bridgehead atoms. The van der Waals surface area contributed by atoms with Crippen LogP contribution in [0.5, 0.6) is 0 Å². The van der Waals surface area contributed by atoms with E-state index in [1.54, 1.807) is 4.90 Å². The molecule has 2 aromatic carbocycles. The molecule has 4 aliphatic rings. The second-order valence-electron chi connectivity index (χ2n) is 11.1. The fourth-order valence-electron chi connectivity index (χ4n) is 6.94. The second-order valence-corrected chi connectivity index (χ2v) is 11.1. The first-order chi connectivity index (χ1) is 18.1. The van der Waals surface area contributed by atoms with Crippen molar-refractivity contribution in [3.8, 4) is 0 Å². The first-order valence-corrected chi connectivity index (χ1v) is 14.1. The maximum absolute atomic E-state index is 13.9. The van der Waals surface area contributed by atoms with E-state index in [0.717, 1.165) is 51.4 Å². The van der Waals surface area contributed by atoms with Crippen molar-refractivity contribution < 1.29 is 9.59 Å². The number of carbonyl (C=O) groups excluding carboxylic acids is 2. The summed E-state index contributed by atoms with van der Waals surface area (Å²) in [5, 5.41) is 0. The molecule has 4 heterocycles. The van der Waals surface area contributed by atoms with Gasteiger partial charge < -0.3 is 14.7 Å². The standard InChI is InChI=1S/C30H39N5O2/c1-2-34-29(37)35(27-14-19-33(23-27)25-8-4-3-5-9-25)28(36)30(34)15-20-31(21-16-30)22-24-10-12-26(13-11-24)32-17-6-7-18-32/h3-5,8-13,27H,2,6-7,14-23H2,1H3.